The third-order valence-corrected chi connectivity index (χ3v) is 8.35. The van der Waals surface area contributed by atoms with Crippen LogP contribution in [0.1, 0.15) is 17.5 Å². The van der Waals surface area contributed by atoms with Crippen LogP contribution in [0.2, 0.25) is 0 Å². The van der Waals surface area contributed by atoms with E-state index in [-0.39, 0.29) is 60.7 Å². The van der Waals surface area contributed by atoms with Crippen molar-refractivity contribution in [3.05, 3.63) is 77.9 Å². The fraction of sp³-hybridized carbons (Fsp3) is 0.233. The number of pyridine rings is 3. The molecule has 11 nitrogen and oxygen atoms in total. The highest BCUT2D eigenvalue weighted by molar-refractivity contribution is 7.88. The average molecular weight is 652 g/mol. The molecule has 1 saturated heterocycles. The summed E-state index contributed by atoms with van der Waals surface area (Å²) in [5, 5.41) is 7.07. The first-order chi connectivity index (χ1) is 21.9. The molecule has 0 spiro atoms. The molecular formula is C30H25F4N9O2S. The van der Waals surface area contributed by atoms with Crippen LogP contribution in [-0.2, 0) is 23.1 Å². The van der Waals surface area contributed by atoms with Crippen molar-refractivity contribution in [1.82, 2.24) is 44.7 Å². The maximum Gasteiger partial charge on any atom is 0.261 e. The van der Waals surface area contributed by atoms with Gasteiger partial charge in [-0.15, -0.1) is 0 Å². The topological polar surface area (TPSA) is 145 Å². The SMILES string of the molecule is CS(=O)(=O)NCc1cc(F)cc(-c2nccc3[nH]c(-c4n[nH]c5ncc(-c6cncc(CN7CCC(F)(F)C7)c6)c(F)c45)nc23)c1. The Morgan fingerprint density at radius 2 is 1.85 bits per heavy atom. The zero-order chi connectivity index (χ0) is 32.2. The van der Waals surface area contributed by atoms with Crippen molar-refractivity contribution < 1.29 is 26.0 Å². The second kappa shape index (κ2) is 11.2. The van der Waals surface area contributed by atoms with E-state index in [1.807, 2.05) is 0 Å². The maximum atomic E-state index is 16.2. The van der Waals surface area contributed by atoms with E-state index in [1.165, 1.54) is 30.7 Å². The number of nitrogens with zero attached hydrogens (tertiary/aromatic N) is 6. The number of hydrogen-bond donors (Lipinski definition) is 3. The molecule has 5 aromatic heterocycles. The van der Waals surface area contributed by atoms with Gasteiger partial charge in [-0.05, 0) is 41.5 Å². The van der Waals surface area contributed by atoms with E-state index in [0.717, 1.165) is 6.26 Å². The largest absolute Gasteiger partial charge is 0.336 e. The van der Waals surface area contributed by atoms with Gasteiger partial charge in [-0.3, -0.25) is 20.0 Å². The number of halogens is 4. The first-order valence-electron chi connectivity index (χ1n) is 14.1. The highest BCUT2D eigenvalue weighted by Gasteiger charge is 2.38. The molecule has 0 amide bonds. The van der Waals surface area contributed by atoms with Crippen LogP contribution in [0.15, 0.2) is 55.1 Å². The van der Waals surface area contributed by atoms with Crippen LogP contribution in [0.25, 0.3) is 56.0 Å². The monoisotopic (exact) mass is 651 g/mol. The minimum Gasteiger partial charge on any atom is -0.336 e. The number of fused-ring (bicyclic) bond motifs is 2. The highest BCUT2D eigenvalue weighted by Crippen LogP contribution is 2.35. The summed E-state index contributed by atoms with van der Waals surface area (Å²) in [6.07, 6.45) is 6.71. The van der Waals surface area contributed by atoms with Crippen molar-refractivity contribution in [2.45, 2.75) is 25.4 Å². The van der Waals surface area contributed by atoms with Crippen LogP contribution in [0.3, 0.4) is 0 Å². The van der Waals surface area contributed by atoms with Crippen LogP contribution >= 0.6 is 0 Å². The third kappa shape index (κ3) is 5.93. The van der Waals surface area contributed by atoms with Gasteiger partial charge in [0.2, 0.25) is 10.0 Å². The van der Waals surface area contributed by atoms with Gasteiger partial charge in [0.25, 0.3) is 5.92 Å². The number of nitrogens with one attached hydrogen (secondary N) is 3. The predicted molar refractivity (Wildman–Crippen MR) is 162 cm³/mol. The van der Waals surface area contributed by atoms with E-state index in [0.29, 0.717) is 39.0 Å². The van der Waals surface area contributed by atoms with Crippen molar-refractivity contribution in [3.63, 3.8) is 0 Å². The Bertz CT molecular complexity index is 2240. The van der Waals surface area contributed by atoms with Gasteiger partial charge in [-0.2, -0.15) is 5.10 Å². The molecule has 1 aromatic carbocycles. The second-order valence-corrected chi connectivity index (χ2v) is 13.1. The predicted octanol–water partition coefficient (Wildman–Crippen LogP) is 4.79. The zero-order valence-corrected chi connectivity index (χ0v) is 25.0. The van der Waals surface area contributed by atoms with Crippen LogP contribution in [0, 0.1) is 11.6 Å². The molecular weight excluding hydrogens is 626 g/mol. The Morgan fingerprint density at radius 1 is 1.02 bits per heavy atom. The maximum absolute atomic E-state index is 16.2. The molecule has 3 N–H and O–H groups in total. The van der Waals surface area contributed by atoms with E-state index < -0.39 is 27.6 Å². The van der Waals surface area contributed by atoms with Crippen molar-refractivity contribution in [2.75, 3.05) is 19.3 Å². The quantitative estimate of drug-likeness (QED) is 0.199. The van der Waals surface area contributed by atoms with Gasteiger partial charge >= 0.3 is 0 Å². The van der Waals surface area contributed by atoms with Crippen molar-refractivity contribution in [3.8, 4) is 33.9 Å². The standard InChI is InChI=1S/C30H25F4N9O2S/c1-46(44,45)38-11-16-6-18(9-20(31)8-16)25-26-22(2-4-36-25)39-29(40-26)27-23-24(32)21(13-37-28(23)42-41-27)19-7-17(10-35-12-19)14-43-5-3-30(33,34)15-43/h2,4,6-10,12-13,38H,3,5,11,14-15H2,1H3,(H,39,40)(H,37,41,42). The number of rotatable bonds is 8. The van der Waals surface area contributed by atoms with Gasteiger partial charge in [0.05, 0.1) is 29.4 Å². The summed E-state index contributed by atoms with van der Waals surface area (Å²) in [5.74, 6) is -3.75. The molecule has 1 aliphatic rings. The summed E-state index contributed by atoms with van der Waals surface area (Å²) < 4.78 is 83.6. The normalized spacial score (nSPS) is 15.3. The minimum absolute atomic E-state index is 0.0653. The lowest BCUT2D eigenvalue weighted by atomic mass is 10.0. The number of benzene rings is 1. The molecule has 7 rings (SSSR count). The van der Waals surface area contributed by atoms with E-state index >= 15 is 4.39 Å². The van der Waals surface area contributed by atoms with Crippen LogP contribution in [0.4, 0.5) is 17.6 Å². The number of H-pyrrole nitrogens is 2. The lowest BCUT2D eigenvalue weighted by Crippen LogP contribution is -2.24. The first-order valence-corrected chi connectivity index (χ1v) is 16.0. The van der Waals surface area contributed by atoms with E-state index in [2.05, 4.69) is 39.8 Å². The molecule has 236 valence electrons. The summed E-state index contributed by atoms with van der Waals surface area (Å²) >= 11 is 0. The lowest BCUT2D eigenvalue weighted by molar-refractivity contribution is 0.0115. The summed E-state index contributed by atoms with van der Waals surface area (Å²) in [7, 11) is -3.50. The fourth-order valence-corrected chi connectivity index (χ4v) is 6.04. The highest BCUT2D eigenvalue weighted by atomic mass is 32.2. The molecule has 0 saturated carbocycles. The van der Waals surface area contributed by atoms with Crippen LogP contribution in [0.5, 0.6) is 0 Å². The molecule has 1 fully saturated rings. The second-order valence-electron chi connectivity index (χ2n) is 11.3. The molecule has 1 aliphatic heterocycles. The number of sulfonamides is 1. The molecule has 0 unspecified atom stereocenters. The number of aromatic nitrogens is 7. The van der Waals surface area contributed by atoms with Gasteiger partial charge in [0.1, 0.15) is 22.8 Å². The Hall–Kier alpha value is -4.80. The lowest BCUT2D eigenvalue weighted by Gasteiger charge is -2.15. The first kappa shape index (κ1) is 29.9. The molecule has 6 heterocycles. The zero-order valence-electron chi connectivity index (χ0n) is 24.2. The van der Waals surface area contributed by atoms with Gasteiger partial charge in [0.15, 0.2) is 11.5 Å². The molecule has 0 bridgehead atoms. The average Bonchev–Trinajstić information content (AvgIpc) is 3.72. The van der Waals surface area contributed by atoms with Crippen LogP contribution in [-0.4, -0.2) is 73.7 Å². The molecule has 0 aliphatic carbocycles. The fourth-order valence-electron chi connectivity index (χ4n) is 5.61. The van der Waals surface area contributed by atoms with E-state index in [1.54, 1.807) is 29.3 Å². The Kier molecular flexibility index (Phi) is 7.29. The summed E-state index contributed by atoms with van der Waals surface area (Å²) in [5.41, 5.74) is 3.48. The Balaban J connectivity index is 1.25. The number of likely N-dealkylation sites (tertiary alicyclic amines) is 1. The molecule has 16 heteroatoms. The van der Waals surface area contributed by atoms with Crippen molar-refractivity contribution >= 4 is 32.1 Å². The number of alkyl halides is 2. The Morgan fingerprint density at radius 3 is 2.63 bits per heavy atom. The summed E-state index contributed by atoms with van der Waals surface area (Å²) in [4.78, 5) is 22.4. The van der Waals surface area contributed by atoms with Gasteiger partial charge in [0, 0.05) is 67.5 Å². The van der Waals surface area contributed by atoms with Crippen molar-refractivity contribution in [1.29, 1.82) is 0 Å². The summed E-state index contributed by atoms with van der Waals surface area (Å²) in [6, 6.07) is 7.44. The third-order valence-electron chi connectivity index (χ3n) is 7.68. The molecule has 0 radical (unpaired) electrons. The van der Waals surface area contributed by atoms with Crippen molar-refractivity contribution in [2.24, 2.45) is 0 Å². The molecule has 6 aromatic rings. The molecule has 0 atom stereocenters. The van der Waals surface area contributed by atoms with Crippen LogP contribution < -0.4 is 4.72 Å². The van der Waals surface area contributed by atoms with E-state index in [4.69, 9.17) is 0 Å². The Labute approximate surface area is 259 Å². The van der Waals surface area contributed by atoms with Gasteiger partial charge in [-0.1, -0.05) is 0 Å². The van der Waals surface area contributed by atoms with Gasteiger partial charge < -0.3 is 4.98 Å². The smallest absolute Gasteiger partial charge is 0.261 e. The van der Waals surface area contributed by atoms with E-state index in [9.17, 15) is 21.6 Å². The summed E-state index contributed by atoms with van der Waals surface area (Å²) in [6.45, 7) is 0.0485. The number of hydrogen-bond acceptors (Lipinski definition) is 8. The number of aromatic amines is 2. The minimum atomic E-state index is -3.50. The number of imidazole rings is 1. The molecule has 46 heavy (non-hydrogen) atoms. The van der Waals surface area contributed by atoms with Gasteiger partial charge in [-0.25, -0.2) is 40.7 Å².